The highest BCUT2D eigenvalue weighted by atomic mass is 32.2. The van der Waals surface area contributed by atoms with E-state index in [4.69, 9.17) is 4.74 Å². The van der Waals surface area contributed by atoms with Crippen LogP contribution in [0.1, 0.15) is 44.6 Å². The molecule has 1 fully saturated rings. The molecule has 0 radical (unpaired) electrons. The van der Waals surface area contributed by atoms with Gasteiger partial charge in [-0.3, -0.25) is 4.79 Å². The van der Waals surface area contributed by atoms with E-state index in [9.17, 15) is 17.6 Å². The van der Waals surface area contributed by atoms with Crippen LogP contribution in [0.4, 0.5) is 4.39 Å². The molecule has 1 amide bonds. The Morgan fingerprint density at radius 2 is 1.72 bits per heavy atom. The minimum Gasteiger partial charge on any atom is -0.494 e. The zero-order valence-electron chi connectivity index (χ0n) is 18.7. The van der Waals surface area contributed by atoms with Crippen molar-refractivity contribution in [3.63, 3.8) is 0 Å². The SMILES string of the molecule is CCOc1ccc(S(=O)(=O)N(CC(=O)N(C)Cc2ccccc2F)C2CCCCC2)cc1. The molecule has 0 heterocycles. The zero-order chi connectivity index (χ0) is 23.1. The summed E-state index contributed by atoms with van der Waals surface area (Å²) < 4.78 is 47.8. The van der Waals surface area contributed by atoms with Gasteiger partial charge in [0, 0.05) is 25.2 Å². The van der Waals surface area contributed by atoms with Crippen molar-refractivity contribution in [2.75, 3.05) is 20.2 Å². The molecule has 0 saturated heterocycles. The summed E-state index contributed by atoms with van der Waals surface area (Å²) >= 11 is 0. The maximum atomic E-state index is 14.0. The fraction of sp³-hybridized carbons (Fsp3) is 0.458. The van der Waals surface area contributed by atoms with E-state index in [0.717, 1.165) is 32.1 Å². The van der Waals surface area contributed by atoms with Gasteiger partial charge in [0.1, 0.15) is 11.6 Å². The number of hydrogen-bond acceptors (Lipinski definition) is 4. The molecular formula is C24H31FN2O4S. The van der Waals surface area contributed by atoms with Crippen LogP contribution in [-0.4, -0.2) is 49.8 Å². The number of halogens is 1. The van der Waals surface area contributed by atoms with Gasteiger partial charge in [-0.05, 0) is 50.1 Å². The van der Waals surface area contributed by atoms with E-state index in [1.807, 2.05) is 6.92 Å². The highest BCUT2D eigenvalue weighted by molar-refractivity contribution is 7.89. The summed E-state index contributed by atoms with van der Waals surface area (Å²) in [5, 5.41) is 0. The summed E-state index contributed by atoms with van der Waals surface area (Å²) in [5.41, 5.74) is 0.391. The van der Waals surface area contributed by atoms with Gasteiger partial charge >= 0.3 is 0 Å². The number of likely N-dealkylation sites (N-methyl/N-ethyl adjacent to an activating group) is 1. The largest absolute Gasteiger partial charge is 0.494 e. The van der Waals surface area contributed by atoms with Crippen LogP contribution in [0.5, 0.6) is 5.75 Å². The average Bonchev–Trinajstić information content (AvgIpc) is 2.80. The second-order valence-electron chi connectivity index (χ2n) is 8.09. The van der Waals surface area contributed by atoms with E-state index in [2.05, 4.69) is 0 Å². The zero-order valence-corrected chi connectivity index (χ0v) is 19.5. The van der Waals surface area contributed by atoms with E-state index >= 15 is 0 Å². The van der Waals surface area contributed by atoms with Gasteiger partial charge < -0.3 is 9.64 Å². The Bertz CT molecular complexity index is 1000. The number of ether oxygens (including phenoxy) is 1. The third-order valence-electron chi connectivity index (χ3n) is 5.81. The molecule has 1 aliphatic rings. The first-order valence-corrected chi connectivity index (χ1v) is 12.5. The van der Waals surface area contributed by atoms with E-state index in [0.29, 0.717) is 17.9 Å². The molecule has 0 aliphatic heterocycles. The van der Waals surface area contributed by atoms with Crippen molar-refractivity contribution in [3.8, 4) is 5.75 Å². The molecule has 0 N–H and O–H groups in total. The second kappa shape index (κ2) is 10.9. The van der Waals surface area contributed by atoms with E-state index < -0.39 is 15.8 Å². The van der Waals surface area contributed by atoms with Crippen LogP contribution < -0.4 is 4.74 Å². The Balaban J connectivity index is 1.82. The number of amides is 1. The van der Waals surface area contributed by atoms with Crippen molar-refractivity contribution in [3.05, 3.63) is 59.9 Å². The highest BCUT2D eigenvalue weighted by Crippen LogP contribution is 2.29. The van der Waals surface area contributed by atoms with Crippen LogP contribution in [0.25, 0.3) is 0 Å². The number of carbonyl (C=O) groups excluding carboxylic acids is 1. The number of benzene rings is 2. The van der Waals surface area contributed by atoms with Crippen molar-refractivity contribution in [1.82, 2.24) is 9.21 Å². The molecule has 0 aromatic heterocycles. The number of rotatable bonds is 9. The molecule has 32 heavy (non-hydrogen) atoms. The molecule has 1 saturated carbocycles. The molecule has 3 rings (SSSR count). The summed E-state index contributed by atoms with van der Waals surface area (Å²) in [6.45, 7) is 2.15. The van der Waals surface area contributed by atoms with Crippen molar-refractivity contribution >= 4 is 15.9 Å². The molecule has 0 unspecified atom stereocenters. The molecule has 0 bridgehead atoms. The summed E-state index contributed by atoms with van der Waals surface area (Å²) in [6, 6.07) is 12.3. The fourth-order valence-electron chi connectivity index (χ4n) is 4.01. The number of carbonyl (C=O) groups is 1. The summed E-state index contributed by atoms with van der Waals surface area (Å²) in [4.78, 5) is 14.5. The van der Waals surface area contributed by atoms with E-state index in [1.54, 1.807) is 37.4 Å². The van der Waals surface area contributed by atoms with E-state index in [1.165, 1.54) is 27.4 Å². The predicted molar refractivity (Wildman–Crippen MR) is 121 cm³/mol. The van der Waals surface area contributed by atoms with Gasteiger partial charge in [-0.15, -0.1) is 0 Å². The van der Waals surface area contributed by atoms with Crippen LogP contribution in [0, 0.1) is 5.82 Å². The Hall–Kier alpha value is -2.45. The van der Waals surface area contributed by atoms with E-state index in [-0.39, 0.29) is 29.9 Å². The highest BCUT2D eigenvalue weighted by Gasteiger charge is 2.34. The normalized spacial score (nSPS) is 15.0. The monoisotopic (exact) mass is 462 g/mol. The second-order valence-corrected chi connectivity index (χ2v) is 9.98. The smallest absolute Gasteiger partial charge is 0.243 e. The molecule has 0 spiro atoms. The third kappa shape index (κ3) is 5.86. The molecule has 2 aromatic rings. The van der Waals surface area contributed by atoms with Crippen molar-refractivity contribution in [2.24, 2.45) is 0 Å². The van der Waals surface area contributed by atoms with Gasteiger partial charge in [0.25, 0.3) is 0 Å². The van der Waals surface area contributed by atoms with Gasteiger partial charge in [0.05, 0.1) is 18.0 Å². The Morgan fingerprint density at radius 1 is 1.06 bits per heavy atom. The summed E-state index contributed by atoms with van der Waals surface area (Å²) in [6.07, 6.45) is 4.37. The average molecular weight is 463 g/mol. The summed E-state index contributed by atoms with van der Waals surface area (Å²) in [7, 11) is -2.32. The minimum absolute atomic E-state index is 0.0765. The molecule has 6 nitrogen and oxygen atoms in total. The first kappa shape index (κ1) is 24.2. The molecule has 174 valence electrons. The van der Waals surface area contributed by atoms with Crippen LogP contribution in [0.15, 0.2) is 53.4 Å². The van der Waals surface area contributed by atoms with Gasteiger partial charge in [-0.1, -0.05) is 37.5 Å². The molecule has 0 atom stereocenters. The predicted octanol–water partition coefficient (Wildman–Crippen LogP) is 4.21. The van der Waals surface area contributed by atoms with Crippen LogP contribution in [0.2, 0.25) is 0 Å². The molecular weight excluding hydrogens is 431 g/mol. The summed E-state index contributed by atoms with van der Waals surface area (Å²) in [5.74, 6) is -0.164. The van der Waals surface area contributed by atoms with Crippen molar-refractivity contribution in [1.29, 1.82) is 0 Å². The number of sulfonamides is 1. The lowest BCUT2D eigenvalue weighted by molar-refractivity contribution is -0.131. The lowest BCUT2D eigenvalue weighted by Crippen LogP contribution is -2.47. The molecule has 8 heteroatoms. The lowest BCUT2D eigenvalue weighted by Gasteiger charge is -2.34. The third-order valence-corrected chi connectivity index (χ3v) is 7.72. The fourth-order valence-corrected chi connectivity index (χ4v) is 5.65. The lowest BCUT2D eigenvalue weighted by atomic mass is 9.95. The van der Waals surface area contributed by atoms with Gasteiger partial charge in [0.15, 0.2) is 0 Å². The maximum Gasteiger partial charge on any atom is 0.243 e. The topological polar surface area (TPSA) is 66.9 Å². The maximum absolute atomic E-state index is 14.0. The molecule has 2 aromatic carbocycles. The Labute approximate surface area is 190 Å². The van der Waals surface area contributed by atoms with Crippen molar-refractivity contribution in [2.45, 2.75) is 56.5 Å². The standard InChI is InChI=1S/C24H31FN2O4S/c1-3-31-21-13-15-22(16-14-21)32(29,30)27(20-10-5-4-6-11-20)18-24(28)26(2)17-19-9-7-8-12-23(19)25/h7-9,12-16,20H,3-6,10-11,17-18H2,1-2H3. The van der Waals surface area contributed by atoms with Gasteiger partial charge in [-0.2, -0.15) is 4.31 Å². The van der Waals surface area contributed by atoms with Crippen LogP contribution >= 0.6 is 0 Å². The first-order valence-electron chi connectivity index (χ1n) is 11.0. The van der Waals surface area contributed by atoms with Crippen LogP contribution in [0.3, 0.4) is 0 Å². The minimum atomic E-state index is -3.89. The Morgan fingerprint density at radius 3 is 2.34 bits per heavy atom. The van der Waals surface area contributed by atoms with Crippen LogP contribution in [-0.2, 0) is 21.4 Å². The number of nitrogens with zero attached hydrogens (tertiary/aromatic N) is 2. The Kier molecular flexibility index (Phi) is 8.26. The van der Waals surface area contributed by atoms with Gasteiger partial charge in [-0.25, -0.2) is 12.8 Å². The van der Waals surface area contributed by atoms with Crippen molar-refractivity contribution < 1.29 is 22.3 Å². The first-order chi connectivity index (χ1) is 15.3. The quantitative estimate of drug-likeness (QED) is 0.560. The van der Waals surface area contributed by atoms with Gasteiger partial charge in [0.2, 0.25) is 15.9 Å². The molecule has 1 aliphatic carbocycles. The number of hydrogen-bond donors (Lipinski definition) is 0.